The molecule has 0 amide bonds. The number of para-hydroxylation sites is 1. The number of halogens is 2. The normalized spacial score (nSPS) is 11.4. The van der Waals surface area contributed by atoms with Crippen molar-refractivity contribution >= 4 is 30.0 Å². The summed E-state index contributed by atoms with van der Waals surface area (Å²) in [5.41, 5.74) is 5.78. The van der Waals surface area contributed by atoms with Gasteiger partial charge >= 0.3 is 5.97 Å². The van der Waals surface area contributed by atoms with Gasteiger partial charge in [0.15, 0.2) is 0 Å². The Balaban J connectivity index is 0.00000196. The van der Waals surface area contributed by atoms with Gasteiger partial charge in [-0.15, -0.1) is 12.4 Å². The van der Waals surface area contributed by atoms with Gasteiger partial charge in [-0.05, 0) is 6.07 Å². The summed E-state index contributed by atoms with van der Waals surface area (Å²) in [6.07, 6.45) is 0. The molecule has 0 aliphatic heterocycles. The fourth-order valence-corrected chi connectivity index (χ4v) is 1.22. The Morgan fingerprint density at radius 3 is 2.73 bits per heavy atom. The predicted molar refractivity (Wildman–Crippen MR) is 59.3 cm³/mol. The van der Waals surface area contributed by atoms with Gasteiger partial charge in [-0.1, -0.05) is 23.7 Å². The Kier molecular flexibility index (Phi) is 5.43. The lowest BCUT2D eigenvalue weighted by Crippen LogP contribution is -2.22. The number of hydrogen-bond donors (Lipinski definition) is 2. The lowest BCUT2D eigenvalue weighted by Gasteiger charge is -2.11. The topological polar surface area (TPSA) is 72.5 Å². The molecule has 3 N–H and O–H groups in total. The SMILES string of the molecule is COC(=O)[C@H](N)c1cccc(Cl)c1O.Cl. The molecule has 0 saturated heterocycles. The minimum absolute atomic E-state index is 0. The minimum atomic E-state index is -1.02. The number of benzene rings is 1. The second-order valence-electron chi connectivity index (χ2n) is 2.68. The molecule has 15 heavy (non-hydrogen) atoms. The van der Waals surface area contributed by atoms with Gasteiger partial charge < -0.3 is 15.6 Å². The number of ether oxygens (including phenoxy) is 1. The minimum Gasteiger partial charge on any atom is -0.506 e. The molecular weight excluding hydrogens is 241 g/mol. The van der Waals surface area contributed by atoms with Crippen molar-refractivity contribution in [2.45, 2.75) is 6.04 Å². The van der Waals surface area contributed by atoms with E-state index in [1.54, 1.807) is 6.07 Å². The van der Waals surface area contributed by atoms with Crippen LogP contribution in [0.5, 0.6) is 5.75 Å². The summed E-state index contributed by atoms with van der Waals surface area (Å²) in [6, 6.07) is 3.60. The number of carbonyl (C=O) groups excluding carboxylic acids is 1. The molecule has 0 aromatic heterocycles. The van der Waals surface area contributed by atoms with E-state index in [9.17, 15) is 9.90 Å². The summed E-state index contributed by atoms with van der Waals surface area (Å²) in [5.74, 6) is -0.811. The number of rotatable bonds is 2. The van der Waals surface area contributed by atoms with Crippen molar-refractivity contribution < 1.29 is 14.6 Å². The average molecular weight is 252 g/mol. The van der Waals surface area contributed by atoms with E-state index in [2.05, 4.69) is 4.74 Å². The average Bonchev–Trinajstić information content (AvgIpc) is 2.20. The largest absolute Gasteiger partial charge is 0.506 e. The number of esters is 1. The molecule has 1 atom stereocenters. The van der Waals surface area contributed by atoms with Crippen molar-refractivity contribution in [3.8, 4) is 5.75 Å². The van der Waals surface area contributed by atoms with Crippen LogP contribution in [0.25, 0.3) is 0 Å². The van der Waals surface area contributed by atoms with E-state index in [-0.39, 0.29) is 28.7 Å². The van der Waals surface area contributed by atoms with E-state index in [4.69, 9.17) is 17.3 Å². The zero-order valence-electron chi connectivity index (χ0n) is 7.94. The first-order valence-electron chi connectivity index (χ1n) is 3.88. The maximum absolute atomic E-state index is 11.1. The van der Waals surface area contributed by atoms with Crippen LogP contribution in [0.1, 0.15) is 11.6 Å². The van der Waals surface area contributed by atoms with Crippen LogP contribution in [0, 0.1) is 0 Å². The monoisotopic (exact) mass is 251 g/mol. The first-order valence-corrected chi connectivity index (χ1v) is 4.26. The van der Waals surface area contributed by atoms with Crippen molar-refractivity contribution in [3.05, 3.63) is 28.8 Å². The van der Waals surface area contributed by atoms with E-state index in [1.807, 2.05) is 0 Å². The summed E-state index contributed by atoms with van der Waals surface area (Å²) in [4.78, 5) is 11.1. The van der Waals surface area contributed by atoms with E-state index in [0.29, 0.717) is 0 Å². The van der Waals surface area contributed by atoms with Crippen LogP contribution in [0.4, 0.5) is 0 Å². The number of phenols is 1. The fraction of sp³-hybridized carbons (Fsp3) is 0.222. The maximum Gasteiger partial charge on any atom is 0.327 e. The number of methoxy groups -OCH3 is 1. The number of nitrogens with two attached hydrogens (primary N) is 1. The summed E-state index contributed by atoms with van der Waals surface area (Å²) >= 11 is 5.65. The predicted octanol–water partition coefficient (Wildman–Crippen LogP) is 1.64. The van der Waals surface area contributed by atoms with Crippen molar-refractivity contribution in [1.29, 1.82) is 0 Å². The third-order valence-electron chi connectivity index (χ3n) is 1.81. The van der Waals surface area contributed by atoms with Crippen LogP contribution in [0.2, 0.25) is 5.02 Å². The highest BCUT2D eigenvalue weighted by Crippen LogP contribution is 2.30. The standard InChI is InChI=1S/C9H10ClNO3.ClH/c1-14-9(13)7(11)5-3-2-4-6(10)8(5)12;/h2-4,7,12H,11H2,1H3;1H/t7-;/m1./s1. The highest BCUT2D eigenvalue weighted by Gasteiger charge is 2.20. The van der Waals surface area contributed by atoms with Crippen LogP contribution < -0.4 is 5.73 Å². The summed E-state index contributed by atoms with van der Waals surface area (Å²) in [7, 11) is 1.23. The first-order chi connectivity index (χ1) is 6.57. The Labute approximate surface area is 98.4 Å². The lowest BCUT2D eigenvalue weighted by molar-refractivity contribution is -0.142. The molecule has 4 nitrogen and oxygen atoms in total. The Bertz CT molecular complexity index is 357. The zero-order valence-corrected chi connectivity index (χ0v) is 9.51. The van der Waals surface area contributed by atoms with Crippen LogP contribution >= 0.6 is 24.0 Å². The molecule has 0 unspecified atom stereocenters. The van der Waals surface area contributed by atoms with Crippen LogP contribution in [-0.4, -0.2) is 18.2 Å². The van der Waals surface area contributed by atoms with Crippen molar-refractivity contribution in [2.24, 2.45) is 5.73 Å². The zero-order chi connectivity index (χ0) is 10.7. The van der Waals surface area contributed by atoms with Crippen molar-refractivity contribution in [2.75, 3.05) is 7.11 Å². The Hall–Kier alpha value is -0.970. The van der Waals surface area contributed by atoms with E-state index >= 15 is 0 Å². The van der Waals surface area contributed by atoms with Crippen LogP contribution in [-0.2, 0) is 9.53 Å². The van der Waals surface area contributed by atoms with Crippen LogP contribution in [0.3, 0.4) is 0 Å². The summed E-state index contributed by atoms with van der Waals surface area (Å²) < 4.78 is 4.44. The molecule has 0 spiro atoms. The van der Waals surface area contributed by atoms with Crippen molar-refractivity contribution in [1.82, 2.24) is 0 Å². The van der Waals surface area contributed by atoms with Crippen molar-refractivity contribution in [3.63, 3.8) is 0 Å². The van der Waals surface area contributed by atoms with Gasteiger partial charge in [0, 0.05) is 5.56 Å². The molecule has 6 heteroatoms. The summed E-state index contributed by atoms with van der Waals surface area (Å²) in [6.45, 7) is 0. The van der Waals surface area contributed by atoms with Gasteiger partial charge in [0.25, 0.3) is 0 Å². The smallest absolute Gasteiger partial charge is 0.327 e. The third kappa shape index (κ3) is 2.99. The van der Waals surface area contributed by atoms with E-state index in [0.717, 1.165) is 0 Å². The van der Waals surface area contributed by atoms with Gasteiger partial charge in [0.05, 0.1) is 12.1 Å². The van der Waals surface area contributed by atoms with E-state index in [1.165, 1.54) is 19.2 Å². The summed E-state index contributed by atoms with van der Waals surface area (Å²) in [5, 5.41) is 9.65. The second-order valence-corrected chi connectivity index (χ2v) is 3.09. The Morgan fingerprint density at radius 1 is 1.60 bits per heavy atom. The number of aromatic hydroxyl groups is 1. The highest BCUT2D eigenvalue weighted by atomic mass is 35.5. The van der Waals surface area contributed by atoms with Gasteiger partial charge in [-0.25, -0.2) is 0 Å². The van der Waals surface area contributed by atoms with Gasteiger partial charge in [0.2, 0.25) is 0 Å². The molecule has 1 rings (SSSR count). The van der Waals surface area contributed by atoms with Crippen LogP contribution in [0.15, 0.2) is 18.2 Å². The Morgan fingerprint density at radius 2 is 2.20 bits per heavy atom. The molecule has 0 aliphatic rings. The molecule has 0 radical (unpaired) electrons. The van der Waals surface area contributed by atoms with Gasteiger partial charge in [-0.3, -0.25) is 4.79 Å². The molecule has 0 bridgehead atoms. The van der Waals surface area contributed by atoms with Gasteiger partial charge in [0.1, 0.15) is 11.8 Å². The number of hydrogen-bond acceptors (Lipinski definition) is 4. The second kappa shape index (κ2) is 5.80. The lowest BCUT2D eigenvalue weighted by atomic mass is 10.1. The first kappa shape index (κ1) is 14.0. The quantitative estimate of drug-likeness (QED) is 0.785. The molecule has 84 valence electrons. The maximum atomic E-state index is 11.1. The number of carbonyl (C=O) groups is 1. The molecular formula is C9H11Cl2NO3. The third-order valence-corrected chi connectivity index (χ3v) is 2.11. The molecule has 0 fully saturated rings. The fourth-order valence-electron chi connectivity index (χ4n) is 1.04. The molecule has 1 aromatic rings. The molecule has 0 saturated carbocycles. The van der Waals surface area contributed by atoms with Gasteiger partial charge in [-0.2, -0.15) is 0 Å². The highest BCUT2D eigenvalue weighted by molar-refractivity contribution is 6.32. The van der Waals surface area contributed by atoms with E-state index < -0.39 is 12.0 Å². The molecule has 1 aromatic carbocycles. The molecule has 0 heterocycles. The number of phenolic OH excluding ortho intramolecular Hbond substituents is 1. The molecule has 0 aliphatic carbocycles.